The average Bonchev–Trinajstić information content (AvgIpc) is 2.44. The number of aliphatic carboxylic acids is 1. The summed E-state index contributed by atoms with van der Waals surface area (Å²) in [6.07, 6.45) is -0.292. The van der Waals surface area contributed by atoms with Gasteiger partial charge in [-0.3, -0.25) is 4.79 Å². The van der Waals surface area contributed by atoms with Crippen molar-refractivity contribution in [2.45, 2.75) is 45.8 Å². The number of carboxylic acid groups (broad SMARTS) is 1. The van der Waals surface area contributed by atoms with Crippen LogP contribution in [-0.2, 0) is 9.59 Å². The van der Waals surface area contributed by atoms with Crippen LogP contribution in [0.2, 0.25) is 0 Å². The van der Waals surface area contributed by atoms with Crippen LogP contribution in [0.5, 0.6) is 0 Å². The van der Waals surface area contributed by atoms with Crippen molar-refractivity contribution in [3.8, 4) is 0 Å². The van der Waals surface area contributed by atoms with Gasteiger partial charge in [0.1, 0.15) is 6.04 Å². The second-order valence-electron chi connectivity index (χ2n) is 5.53. The summed E-state index contributed by atoms with van der Waals surface area (Å²) in [4.78, 5) is 24.1. The zero-order valence-corrected chi connectivity index (χ0v) is 9.93. The highest BCUT2D eigenvalue weighted by Gasteiger charge is 2.39. The van der Waals surface area contributed by atoms with Crippen molar-refractivity contribution in [3.05, 3.63) is 0 Å². The molecule has 92 valence electrons. The van der Waals surface area contributed by atoms with E-state index >= 15 is 0 Å². The summed E-state index contributed by atoms with van der Waals surface area (Å²) < 4.78 is 0. The van der Waals surface area contributed by atoms with Gasteiger partial charge in [0.05, 0.1) is 6.10 Å². The van der Waals surface area contributed by atoms with Crippen LogP contribution in [0.4, 0.5) is 0 Å². The quantitative estimate of drug-likeness (QED) is 0.721. The van der Waals surface area contributed by atoms with E-state index in [-0.39, 0.29) is 24.3 Å². The number of rotatable bonds is 2. The molecule has 0 aromatic heterocycles. The number of carbonyl (C=O) groups excluding carboxylic acids is 1. The van der Waals surface area contributed by atoms with E-state index in [1.807, 2.05) is 20.8 Å². The summed E-state index contributed by atoms with van der Waals surface area (Å²) in [6, 6.07) is -0.871. The van der Waals surface area contributed by atoms with Crippen molar-refractivity contribution in [1.29, 1.82) is 0 Å². The molecule has 5 heteroatoms. The lowest BCUT2D eigenvalue weighted by molar-refractivity contribution is -0.148. The van der Waals surface area contributed by atoms with Crippen LogP contribution < -0.4 is 0 Å². The van der Waals surface area contributed by atoms with Crippen molar-refractivity contribution < 1.29 is 19.8 Å². The summed E-state index contributed by atoms with van der Waals surface area (Å²) in [5.74, 6) is -1.24. The summed E-state index contributed by atoms with van der Waals surface area (Å²) >= 11 is 0. The monoisotopic (exact) mass is 229 g/mol. The van der Waals surface area contributed by atoms with Crippen molar-refractivity contribution in [1.82, 2.24) is 4.90 Å². The average molecular weight is 229 g/mol. The Morgan fingerprint density at radius 1 is 1.38 bits per heavy atom. The molecule has 2 N–H and O–H groups in total. The van der Waals surface area contributed by atoms with E-state index in [2.05, 4.69) is 0 Å². The van der Waals surface area contributed by atoms with Crippen LogP contribution in [0.3, 0.4) is 0 Å². The minimum atomic E-state index is -1.04. The molecule has 16 heavy (non-hydrogen) atoms. The fourth-order valence-electron chi connectivity index (χ4n) is 1.88. The maximum Gasteiger partial charge on any atom is 0.326 e. The van der Waals surface area contributed by atoms with Gasteiger partial charge in [-0.2, -0.15) is 0 Å². The first-order valence-corrected chi connectivity index (χ1v) is 5.41. The number of carboxylic acids is 1. The van der Waals surface area contributed by atoms with Gasteiger partial charge < -0.3 is 15.1 Å². The van der Waals surface area contributed by atoms with E-state index in [0.29, 0.717) is 6.42 Å². The Bertz CT molecular complexity index is 295. The van der Waals surface area contributed by atoms with Crippen LogP contribution >= 0.6 is 0 Å². The largest absolute Gasteiger partial charge is 0.480 e. The number of likely N-dealkylation sites (tertiary alicyclic amines) is 1. The number of aliphatic hydroxyl groups is 1. The Kier molecular flexibility index (Phi) is 3.57. The second kappa shape index (κ2) is 4.41. The Morgan fingerprint density at radius 3 is 2.38 bits per heavy atom. The molecule has 0 aromatic carbocycles. The van der Waals surface area contributed by atoms with Gasteiger partial charge in [0.15, 0.2) is 0 Å². The van der Waals surface area contributed by atoms with Crippen LogP contribution in [0.25, 0.3) is 0 Å². The van der Waals surface area contributed by atoms with E-state index in [1.54, 1.807) is 0 Å². The summed E-state index contributed by atoms with van der Waals surface area (Å²) in [7, 11) is 0. The lowest BCUT2D eigenvalue weighted by Crippen LogP contribution is -2.41. The Balaban J connectivity index is 2.71. The molecule has 2 unspecified atom stereocenters. The summed E-state index contributed by atoms with van der Waals surface area (Å²) in [6.45, 7) is 5.90. The topological polar surface area (TPSA) is 77.8 Å². The zero-order valence-electron chi connectivity index (χ0n) is 9.93. The fourth-order valence-corrected chi connectivity index (χ4v) is 1.88. The molecular formula is C11H19NO4. The molecule has 0 radical (unpaired) electrons. The van der Waals surface area contributed by atoms with Crippen molar-refractivity contribution in [3.63, 3.8) is 0 Å². The highest BCUT2D eigenvalue weighted by atomic mass is 16.4. The van der Waals surface area contributed by atoms with Gasteiger partial charge in [-0.1, -0.05) is 20.8 Å². The normalized spacial score (nSPS) is 25.9. The third-order valence-electron chi connectivity index (χ3n) is 2.57. The number of hydrogen-bond donors (Lipinski definition) is 2. The predicted molar refractivity (Wildman–Crippen MR) is 57.8 cm³/mol. The molecule has 1 rings (SSSR count). The molecule has 0 spiro atoms. The first-order valence-electron chi connectivity index (χ1n) is 5.41. The van der Waals surface area contributed by atoms with E-state index in [1.165, 1.54) is 4.90 Å². The van der Waals surface area contributed by atoms with Crippen LogP contribution in [0.1, 0.15) is 33.6 Å². The molecule has 1 heterocycles. The standard InChI is InChI=1S/C11H19NO4/c1-11(2,3)5-9(14)12-6-7(13)4-8(12)10(15)16/h7-8,13H,4-6H2,1-3H3,(H,15,16). The highest BCUT2D eigenvalue weighted by molar-refractivity contribution is 5.84. The van der Waals surface area contributed by atoms with Crippen LogP contribution in [-0.4, -0.2) is 45.7 Å². The summed E-state index contributed by atoms with van der Waals surface area (Å²) in [5.41, 5.74) is -0.173. The zero-order chi connectivity index (χ0) is 12.5. The lowest BCUT2D eigenvalue weighted by Gasteiger charge is -2.25. The van der Waals surface area contributed by atoms with Crippen molar-refractivity contribution >= 4 is 11.9 Å². The molecule has 0 bridgehead atoms. The van der Waals surface area contributed by atoms with Gasteiger partial charge in [-0.15, -0.1) is 0 Å². The third-order valence-corrected chi connectivity index (χ3v) is 2.57. The van der Waals surface area contributed by atoms with Crippen molar-refractivity contribution in [2.75, 3.05) is 6.54 Å². The molecule has 0 aliphatic carbocycles. The highest BCUT2D eigenvalue weighted by Crippen LogP contribution is 2.24. The first kappa shape index (κ1) is 13.0. The molecule has 0 saturated carbocycles. The second-order valence-corrected chi connectivity index (χ2v) is 5.53. The number of carbonyl (C=O) groups is 2. The number of nitrogens with zero attached hydrogens (tertiary/aromatic N) is 1. The minimum Gasteiger partial charge on any atom is -0.480 e. The molecule has 1 fully saturated rings. The number of amides is 1. The fraction of sp³-hybridized carbons (Fsp3) is 0.818. The Labute approximate surface area is 95.1 Å². The van der Waals surface area contributed by atoms with Crippen LogP contribution in [0.15, 0.2) is 0 Å². The molecule has 2 atom stereocenters. The molecule has 1 saturated heterocycles. The first-order chi connectivity index (χ1) is 7.20. The van der Waals surface area contributed by atoms with E-state index < -0.39 is 18.1 Å². The number of β-amino-alcohol motifs (C(OH)–C–C–N with tert-alkyl or cyclic N) is 1. The van der Waals surface area contributed by atoms with Crippen molar-refractivity contribution in [2.24, 2.45) is 5.41 Å². The maximum absolute atomic E-state index is 11.9. The minimum absolute atomic E-state index is 0.130. The smallest absolute Gasteiger partial charge is 0.326 e. The van der Waals surface area contributed by atoms with Gasteiger partial charge in [-0.05, 0) is 5.41 Å². The molecule has 0 aromatic rings. The molecule has 1 amide bonds. The Hall–Kier alpha value is -1.10. The van der Waals surface area contributed by atoms with Gasteiger partial charge in [0.2, 0.25) is 5.91 Å². The lowest BCUT2D eigenvalue weighted by atomic mass is 9.91. The van der Waals surface area contributed by atoms with Gasteiger partial charge in [-0.25, -0.2) is 4.79 Å². The maximum atomic E-state index is 11.9. The molecular weight excluding hydrogens is 210 g/mol. The van der Waals surface area contributed by atoms with Gasteiger partial charge in [0.25, 0.3) is 0 Å². The SMILES string of the molecule is CC(C)(C)CC(=O)N1CC(O)CC1C(=O)O. The van der Waals surface area contributed by atoms with Gasteiger partial charge >= 0.3 is 5.97 Å². The van der Waals surface area contributed by atoms with Gasteiger partial charge in [0, 0.05) is 19.4 Å². The number of hydrogen-bond acceptors (Lipinski definition) is 3. The van der Waals surface area contributed by atoms with E-state index in [9.17, 15) is 14.7 Å². The molecule has 1 aliphatic rings. The van der Waals surface area contributed by atoms with E-state index in [4.69, 9.17) is 5.11 Å². The number of aliphatic hydroxyl groups excluding tert-OH is 1. The summed E-state index contributed by atoms with van der Waals surface area (Å²) in [5, 5.41) is 18.4. The molecule has 5 nitrogen and oxygen atoms in total. The molecule has 1 aliphatic heterocycles. The third kappa shape index (κ3) is 3.20. The van der Waals surface area contributed by atoms with E-state index in [0.717, 1.165) is 0 Å². The van der Waals surface area contributed by atoms with Crippen LogP contribution in [0, 0.1) is 5.41 Å². The predicted octanol–water partition coefficient (Wildman–Crippen LogP) is 0.469. The Morgan fingerprint density at radius 2 is 1.94 bits per heavy atom.